The molecule has 0 atom stereocenters. The predicted octanol–water partition coefficient (Wildman–Crippen LogP) is 2.44. The van der Waals surface area contributed by atoms with Gasteiger partial charge in [-0.15, -0.1) is 0 Å². The van der Waals surface area contributed by atoms with Gasteiger partial charge in [-0.1, -0.05) is 23.7 Å². The molecule has 3 rings (SSSR count). The highest BCUT2D eigenvalue weighted by molar-refractivity contribution is 6.30. The van der Waals surface area contributed by atoms with Crippen LogP contribution in [0.15, 0.2) is 24.3 Å². The first-order valence-electron chi connectivity index (χ1n) is 6.96. The van der Waals surface area contributed by atoms with E-state index < -0.39 is 0 Å². The van der Waals surface area contributed by atoms with Crippen molar-refractivity contribution in [2.45, 2.75) is 31.2 Å². The topological polar surface area (TPSA) is 41.1 Å². The highest BCUT2D eigenvalue weighted by atomic mass is 35.5. The van der Waals surface area contributed by atoms with Gasteiger partial charge in [0.25, 0.3) is 0 Å². The van der Waals surface area contributed by atoms with Crippen LogP contribution >= 0.6 is 11.6 Å². The number of benzene rings is 1. The number of rotatable bonds is 6. The smallest absolute Gasteiger partial charge is 0.234 e. The fraction of sp³-hybridized carbons (Fsp3) is 0.533. The Hall–Kier alpha value is -1.06. The number of carbonyl (C=O) groups is 1. The molecule has 0 unspecified atom stereocenters. The van der Waals surface area contributed by atoms with Crippen molar-refractivity contribution in [1.82, 2.24) is 10.6 Å². The monoisotopic (exact) mass is 278 g/mol. The van der Waals surface area contributed by atoms with Gasteiger partial charge in [0.05, 0.1) is 12.1 Å². The fourth-order valence-electron chi connectivity index (χ4n) is 2.42. The third-order valence-corrected chi connectivity index (χ3v) is 4.16. The molecule has 0 spiro atoms. The lowest BCUT2D eigenvalue weighted by atomic mass is 10.1. The summed E-state index contributed by atoms with van der Waals surface area (Å²) in [6.07, 6.45) is 4.62. The van der Waals surface area contributed by atoms with Crippen LogP contribution in [0.3, 0.4) is 0 Å². The van der Waals surface area contributed by atoms with Gasteiger partial charge in [-0.05, 0) is 55.8 Å². The number of hydrogen-bond donors (Lipinski definition) is 2. The number of nitrogens with one attached hydrogen (secondary N) is 2. The van der Waals surface area contributed by atoms with Crippen molar-refractivity contribution in [1.29, 1.82) is 0 Å². The van der Waals surface area contributed by atoms with E-state index in [9.17, 15) is 4.79 Å². The first-order valence-corrected chi connectivity index (χ1v) is 7.33. The molecular weight excluding hydrogens is 260 g/mol. The van der Waals surface area contributed by atoms with Crippen LogP contribution in [0.1, 0.15) is 31.2 Å². The van der Waals surface area contributed by atoms with Crippen LogP contribution in [0.2, 0.25) is 5.02 Å². The highest BCUT2D eigenvalue weighted by Crippen LogP contribution is 2.45. The lowest BCUT2D eigenvalue weighted by molar-refractivity contribution is -0.121. The third kappa shape index (κ3) is 3.28. The Bertz CT molecular complexity index is 481. The third-order valence-electron chi connectivity index (χ3n) is 3.92. The molecule has 4 heteroatoms. The van der Waals surface area contributed by atoms with E-state index >= 15 is 0 Å². The molecule has 0 bridgehead atoms. The molecule has 102 valence electrons. The molecule has 1 aromatic carbocycles. The Kier molecular flexibility index (Phi) is 3.50. The van der Waals surface area contributed by atoms with Crippen LogP contribution in [-0.2, 0) is 10.3 Å². The quantitative estimate of drug-likeness (QED) is 0.839. The van der Waals surface area contributed by atoms with E-state index in [0.717, 1.165) is 35.9 Å². The molecule has 0 radical (unpaired) electrons. The molecule has 3 nitrogen and oxygen atoms in total. The molecule has 2 aliphatic rings. The van der Waals surface area contributed by atoms with Crippen LogP contribution < -0.4 is 10.6 Å². The summed E-state index contributed by atoms with van der Waals surface area (Å²) in [5, 5.41) is 7.09. The van der Waals surface area contributed by atoms with Crippen LogP contribution in [0.4, 0.5) is 0 Å². The van der Waals surface area contributed by atoms with Gasteiger partial charge in [-0.3, -0.25) is 4.79 Å². The van der Waals surface area contributed by atoms with Crippen molar-refractivity contribution in [2.24, 2.45) is 5.92 Å². The molecule has 0 aliphatic heterocycles. The maximum Gasteiger partial charge on any atom is 0.234 e. The van der Waals surface area contributed by atoms with Crippen molar-refractivity contribution in [3.05, 3.63) is 34.9 Å². The number of carbonyl (C=O) groups excluding carboxylic acids is 1. The highest BCUT2D eigenvalue weighted by Gasteiger charge is 2.45. The van der Waals surface area contributed by atoms with E-state index in [0.29, 0.717) is 6.54 Å². The molecule has 2 aliphatic carbocycles. The Morgan fingerprint density at radius 2 is 2.16 bits per heavy atom. The SMILES string of the molecule is O=C(CNCC1CC1)NC1(c2cccc(Cl)c2)CC1. The molecule has 2 N–H and O–H groups in total. The van der Waals surface area contributed by atoms with Crippen LogP contribution in [0.5, 0.6) is 0 Å². The second kappa shape index (κ2) is 5.14. The molecular formula is C15H19ClN2O. The van der Waals surface area contributed by atoms with Gasteiger partial charge in [-0.2, -0.15) is 0 Å². The fourth-order valence-corrected chi connectivity index (χ4v) is 2.61. The number of amides is 1. The Labute approximate surface area is 118 Å². The second-order valence-electron chi connectivity index (χ2n) is 5.71. The molecule has 0 saturated heterocycles. The summed E-state index contributed by atoms with van der Waals surface area (Å²) in [7, 11) is 0. The second-order valence-corrected chi connectivity index (χ2v) is 6.15. The van der Waals surface area contributed by atoms with E-state index in [2.05, 4.69) is 10.6 Å². The molecule has 1 amide bonds. The van der Waals surface area contributed by atoms with Crippen molar-refractivity contribution in [3.8, 4) is 0 Å². The summed E-state index contributed by atoms with van der Waals surface area (Å²) >= 11 is 6.02. The maximum absolute atomic E-state index is 12.0. The van der Waals surface area contributed by atoms with E-state index in [1.807, 2.05) is 24.3 Å². The van der Waals surface area contributed by atoms with Crippen LogP contribution in [0.25, 0.3) is 0 Å². The van der Waals surface area contributed by atoms with Crippen LogP contribution in [0, 0.1) is 5.92 Å². The molecule has 2 fully saturated rings. The van der Waals surface area contributed by atoms with Crippen molar-refractivity contribution >= 4 is 17.5 Å². The maximum atomic E-state index is 12.0. The zero-order chi connectivity index (χ0) is 13.3. The van der Waals surface area contributed by atoms with E-state index in [-0.39, 0.29) is 11.4 Å². The minimum Gasteiger partial charge on any atom is -0.345 e. The van der Waals surface area contributed by atoms with Gasteiger partial charge in [0.1, 0.15) is 0 Å². The molecule has 1 aromatic rings. The Balaban J connectivity index is 1.54. The number of halogens is 1. The summed E-state index contributed by atoms with van der Waals surface area (Å²) in [6, 6.07) is 7.79. The Morgan fingerprint density at radius 3 is 2.79 bits per heavy atom. The van der Waals surface area contributed by atoms with E-state index in [1.165, 1.54) is 12.8 Å². The zero-order valence-corrected chi connectivity index (χ0v) is 11.7. The van der Waals surface area contributed by atoms with Crippen molar-refractivity contribution < 1.29 is 4.79 Å². The largest absolute Gasteiger partial charge is 0.345 e. The van der Waals surface area contributed by atoms with Gasteiger partial charge in [0.2, 0.25) is 5.91 Å². The molecule has 0 aromatic heterocycles. The molecule has 2 saturated carbocycles. The Morgan fingerprint density at radius 1 is 1.37 bits per heavy atom. The minimum atomic E-state index is -0.163. The normalized spacial score (nSPS) is 20.1. The minimum absolute atomic E-state index is 0.0816. The van der Waals surface area contributed by atoms with Gasteiger partial charge < -0.3 is 10.6 Å². The standard InChI is InChI=1S/C15H19ClN2O/c16-13-3-1-2-12(8-13)15(6-7-15)18-14(19)10-17-9-11-4-5-11/h1-3,8,11,17H,4-7,9-10H2,(H,18,19). The van der Waals surface area contributed by atoms with Gasteiger partial charge in [-0.25, -0.2) is 0 Å². The lowest BCUT2D eigenvalue weighted by Crippen LogP contribution is -2.41. The average molecular weight is 279 g/mol. The zero-order valence-electron chi connectivity index (χ0n) is 10.9. The summed E-state index contributed by atoms with van der Waals surface area (Å²) in [4.78, 5) is 12.0. The summed E-state index contributed by atoms with van der Waals surface area (Å²) < 4.78 is 0. The van der Waals surface area contributed by atoms with E-state index in [1.54, 1.807) is 0 Å². The number of hydrogen-bond acceptors (Lipinski definition) is 2. The first-order chi connectivity index (χ1) is 9.18. The predicted molar refractivity (Wildman–Crippen MR) is 76.1 cm³/mol. The molecule has 19 heavy (non-hydrogen) atoms. The molecule has 0 heterocycles. The van der Waals surface area contributed by atoms with Gasteiger partial charge >= 0.3 is 0 Å². The van der Waals surface area contributed by atoms with E-state index in [4.69, 9.17) is 11.6 Å². The lowest BCUT2D eigenvalue weighted by Gasteiger charge is -2.18. The summed E-state index contributed by atoms with van der Waals surface area (Å²) in [6.45, 7) is 1.39. The summed E-state index contributed by atoms with van der Waals surface area (Å²) in [5.74, 6) is 0.883. The summed E-state index contributed by atoms with van der Waals surface area (Å²) in [5.41, 5.74) is 0.957. The van der Waals surface area contributed by atoms with Gasteiger partial charge in [0, 0.05) is 5.02 Å². The van der Waals surface area contributed by atoms with Crippen molar-refractivity contribution in [2.75, 3.05) is 13.1 Å². The van der Waals surface area contributed by atoms with Crippen molar-refractivity contribution in [3.63, 3.8) is 0 Å². The van der Waals surface area contributed by atoms with Crippen LogP contribution in [-0.4, -0.2) is 19.0 Å². The van der Waals surface area contributed by atoms with Gasteiger partial charge in [0.15, 0.2) is 0 Å². The average Bonchev–Trinajstić information content (AvgIpc) is 3.25. The first kappa shape index (κ1) is 12.9.